The van der Waals surface area contributed by atoms with Gasteiger partial charge in [-0.3, -0.25) is 0 Å². The second-order valence-corrected chi connectivity index (χ2v) is 10.2. The summed E-state index contributed by atoms with van der Waals surface area (Å²) in [4.78, 5) is 0. The predicted molar refractivity (Wildman–Crippen MR) is 102 cm³/mol. The van der Waals surface area contributed by atoms with Gasteiger partial charge in [-0.1, -0.05) is 63.3 Å². The van der Waals surface area contributed by atoms with Gasteiger partial charge in [-0.15, -0.1) is 0 Å². The second-order valence-electron chi connectivity index (χ2n) is 7.49. The number of halogens is 1. The van der Waals surface area contributed by atoms with Gasteiger partial charge in [0.1, 0.15) is 5.75 Å². The molecule has 0 heterocycles. The summed E-state index contributed by atoms with van der Waals surface area (Å²) in [6, 6.07) is 2.40. The van der Waals surface area contributed by atoms with E-state index in [1.807, 2.05) is 7.11 Å². The van der Waals surface area contributed by atoms with Crippen LogP contribution in [-0.4, -0.2) is 7.11 Å². The minimum Gasteiger partial charge on any atom is -0.496 e. The molecule has 0 fully saturated rings. The number of benzene rings is 1. The number of alkyl halides is 1. The number of rotatable bonds is 5. The molecule has 0 aliphatic rings. The zero-order chi connectivity index (χ0) is 16.4. The van der Waals surface area contributed by atoms with Gasteiger partial charge in [0.05, 0.1) is 7.11 Å². The van der Waals surface area contributed by atoms with Crippen LogP contribution in [0, 0.1) is 5.41 Å². The Morgan fingerprint density at radius 2 is 1.52 bits per heavy atom. The van der Waals surface area contributed by atoms with Crippen molar-refractivity contribution in [3.8, 4) is 5.75 Å². The molecule has 21 heavy (non-hydrogen) atoms. The van der Waals surface area contributed by atoms with Crippen molar-refractivity contribution in [1.82, 2.24) is 0 Å². The summed E-state index contributed by atoms with van der Waals surface area (Å²) in [5.41, 5.74) is 5.98. The van der Waals surface area contributed by atoms with Crippen molar-refractivity contribution in [3.63, 3.8) is 0 Å². The summed E-state index contributed by atoms with van der Waals surface area (Å²) in [6.07, 6.45) is 3.15. The molecule has 0 aromatic heterocycles. The Morgan fingerprint density at radius 3 is 1.86 bits per heavy atom. The van der Waals surface area contributed by atoms with E-state index in [-0.39, 0.29) is 8.84 Å². The highest BCUT2D eigenvalue weighted by atomic mass is 127. The lowest BCUT2D eigenvalue weighted by atomic mass is 9.82. The van der Waals surface area contributed by atoms with E-state index in [2.05, 4.69) is 77.1 Å². The molecule has 0 radical (unpaired) electrons. The van der Waals surface area contributed by atoms with Gasteiger partial charge in [0.2, 0.25) is 0 Å². The summed E-state index contributed by atoms with van der Waals surface area (Å²) in [7, 11) is 1.81. The Hall–Kier alpha value is -0.250. The Bertz CT molecular complexity index is 490. The van der Waals surface area contributed by atoms with Crippen LogP contribution >= 0.6 is 22.6 Å². The van der Waals surface area contributed by atoms with Crippen LogP contribution in [0.15, 0.2) is 6.07 Å². The highest BCUT2D eigenvalue weighted by Gasteiger charge is 2.26. The molecule has 0 saturated carbocycles. The molecule has 0 atom stereocenters. The second kappa shape index (κ2) is 6.89. The average molecular weight is 402 g/mol. The molecule has 0 saturated heterocycles. The van der Waals surface area contributed by atoms with E-state index in [0.29, 0.717) is 0 Å². The molecular weight excluding hydrogens is 371 g/mol. The molecular formula is C19H31IO. The third-order valence-electron chi connectivity index (χ3n) is 3.85. The Morgan fingerprint density at radius 1 is 1.00 bits per heavy atom. The van der Waals surface area contributed by atoms with Crippen molar-refractivity contribution in [2.75, 3.05) is 7.11 Å². The first kappa shape index (κ1) is 18.8. The monoisotopic (exact) mass is 402 g/mol. The van der Waals surface area contributed by atoms with E-state index in [1.165, 1.54) is 22.3 Å². The molecule has 0 bridgehead atoms. The first-order valence-electron chi connectivity index (χ1n) is 7.96. The van der Waals surface area contributed by atoms with Crippen molar-refractivity contribution in [3.05, 3.63) is 28.3 Å². The van der Waals surface area contributed by atoms with Crippen molar-refractivity contribution < 1.29 is 4.74 Å². The summed E-state index contributed by atoms with van der Waals surface area (Å²) in [5, 5.41) is 0. The Kier molecular flexibility index (Phi) is 6.17. The zero-order valence-corrected chi connectivity index (χ0v) is 17.1. The quantitative estimate of drug-likeness (QED) is 0.429. The van der Waals surface area contributed by atoms with E-state index < -0.39 is 0 Å². The number of hydrogen-bond donors (Lipinski definition) is 0. The van der Waals surface area contributed by atoms with Crippen LogP contribution in [0.5, 0.6) is 5.75 Å². The Labute approximate surface area is 145 Å². The van der Waals surface area contributed by atoms with Crippen molar-refractivity contribution >= 4 is 22.6 Å². The fourth-order valence-electron chi connectivity index (χ4n) is 3.09. The third kappa shape index (κ3) is 4.61. The van der Waals surface area contributed by atoms with Crippen LogP contribution in [-0.2, 0) is 22.7 Å². The first-order chi connectivity index (χ1) is 9.55. The van der Waals surface area contributed by atoms with Crippen LogP contribution in [0.3, 0.4) is 0 Å². The maximum absolute atomic E-state index is 5.82. The third-order valence-corrected chi connectivity index (χ3v) is 4.43. The minimum atomic E-state index is 0.145. The lowest BCUT2D eigenvalue weighted by Gasteiger charge is -2.28. The van der Waals surface area contributed by atoms with Crippen molar-refractivity contribution in [2.24, 2.45) is 5.41 Å². The van der Waals surface area contributed by atoms with Crippen molar-refractivity contribution in [1.29, 1.82) is 0 Å². The molecule has 1 aromatic rings. The van der Waals surface area contributed by atoms with Gasteiger partial charge in [0.15, 0.2) is 0 Å². The van der Waals surface area contributed by atoms with E-state index in [0.717, 1.165) is 25.0 Å². The van der Waals surface area contributed by atoms with E-state index >= 15 is 0 Å². The number of hydrogen-bond acceptors (Lipinski definition) is 1. The summed E-state index contributed by atoms with van der Waals surface area (Å²) < 4.78 is 5.97. The smallest absolute Gasteiger partial charge is 0.125 e. The van der Waals surface area contributed by atoms with Crippen LogP contribution in [0.25, 0.3) is 0 Å². The molecule has 0 aliphatic carbocycles. The van der Waals surface area contributed by atoms with Crippen LogP contribution < -0.4 is 4.74 Å². The summed E-state index contributed by atoms with van der Waals surface area (Å²) in [5.74, 6) is 1.12. The SMILES string of the molecule is CCc1c(C(C)(C)I)cc(CC(C)(C)C)c(OC)c1CC. The van der Waals surface area contributed by atoms with Gasteiger partial charge >= 0.3 is 0 Å². The molecule has 0 N–H and O–H groups in total. The molecule has 1 nitrogen and oxygen atoms in total. The lowest BCUT2D eigenvalue weighted by Crippen LogP contribution is -2.17. The fourth-order valence-corrected chi connectivity index (χ4v) is 3.57. The lowest BCUT2D eigenvalue weighted by molar-refractivity contribution is 0.375. The van der Waals surface area contributed by atoms with E-state index in [1.54, 1.807) is 0 Å². The molecule has 0 spiro atoms. The largest absolute Gasteiger partial charge is 0.496 e. The molecule has 120 valence electrons. The first-order valence-corrected chi connectivity index (χ1v) is 9.04. The Balaban J connectivity index is 3.65. The maximum Gasteiger partial charge on any atom is 0.125 e. The summed E-state index contributed by atoms with van der Waals surface area (Å²) in [6.45, 7) is 16.0. The molecule has 2 heteroatoms. The molecule has 1 rings (SSSR count). The van der Waals surface area contributed by atoms with E-state index in [9.17, 15) is 0 Å². The fraction of sp³-hybridized carbons (Fsp3) is 0.684. The molecule has 1 aromatic carbocycles. The van der Waals surface area contributed by atoms with Crippen LogP contribution in [0.4, 0.5) is 0 Å². The highest BCUT2D eigenvalue weighted by Crippen LogP contribution is 2.41. The van der Waals surface area contributed by atoms with Gasteiger partial charge in [-0.2, -0.15) is 0 Å². The minimum absolute atomic E-state index is 0.145. The summed E-state index contributed by atoms with van der Waals surface area (Å²) >= 11 is 2.56. The highest BCUT2D eigenvalue weighted by molar-refractivity contribution is 14.1. The van der Waals surface area contributed by atoms with Gasteiger partial charge in [-0.05, 0) is 60.8 Å². The topological polar surface area (TPSA) is 9.23 Å². The molecule has 0 amide bonds. The molecule has 0 aliphatic heterocycles. The predicted octanol–water partition coefficient (Wildman–Crippen LogP) is 6.08. The van der Waals surface area contributed by atoms with Crippen LogP contribution in [0.2, 0.25) is 0 Å². The standard InChI is InChI=1S/C19H31IO/c1-9-14-15(10-2)17(21-8)13(12-18(3,4)5)11-16(14)19(6,7)20/h11H,9-10,12H2,1-8H3. The normalized spacial score (nSPS) is 12.6. The molecule has 0 unspecified atom stereocenters. The average Bonchev–Trinajstić information content (AvgIpc) is 2.34. The van der Waals surface area contributed by atoms with Gasteiger partial charge in [0, 0.05) is 3.42 Å². The maximum atomic E-state index is 5.82. The van der Waals surface area contributed by atoms with E-state index in [4.69, 9.17) is 4.74 Å². The zero-order valence-electron chi connectivity index (χ0n) is 15.0. The van der Waals surface area contributed by atoms with Gasteiger partial charge in [-0.25, -0.2) is 0 Å². The number of methoxy groups -OCH3 is 1. The van der Waals surface area contributed by atoms with Gasteiger partial charge in [0.25, 0.3) is 0 Å². The number of ether oxygens (including phenoxy) is 1. The van der Waals surface area contributed by atoms with Gasteiger partial charge < -0.3 is 4.74 Å². The van der Waals surface area contributed by atoms with Crippen LogP contribution in [0.1, 0.15) is 70.7 Å². The van der Waals surface area contributed by atoms with Crippen molar-refractivity contribution in [2.45, 2.75) is 71.2 Å².